The first kappa shape index (κ1) is 14.0. The third-order valence-electron chi connectivity index (χ3n) is 2.28. The lowest BCUT2D eigenvalue weighted by molar-refractivity contribution is 0.595. The molecule has 2 rings (SSSR count). The van der Waals surface area contributed by atoms with E-state index in [1.165, 1.54) is 18.2 Å². The number of hydrogen-bond acceptors (Lipinski definition) is 2. The average molecular weight is 348 g/mol. The van der Waals surface area contributed by atoms with Crippen molar-refractivity contribution < 1.29 is 17.2 Å². The van der Waals surface area contributed by atoms with Gasteiger partial charge in [-0.25, -0.2) is 17.2 Å². The maximum Gasteiger partial charge on any atom is 0.262 e. The number of benzene rings is 2. The summed E-state index contributed by atoms with van der Waals surface area (Å²) in [6, 6.07) is 8.13. The predicted octanol–water partition coefficient (Wildman–Crippen LogP) is 3.53. The molecular weight excluding hydrogens is 340 g/mol. The van der Waals surface area contributed by atoms with Crippen LogP contribution >= 0.6 is 15.9 Å². The minimum atomic E-state index is -3.91. The molecule has 0 saturated heterocycles. The highest BCUT2D eigenvalue weighted by Crippen LogP contribution is 2.25. The molecular formula is C12H8BrF2NO2S. The average Bonchev–Trinajstić information content (AvgIpc) is 2.33. The second-order valence-corrected chi connectivity index (χ2v) is 6.22. The first-order valence-corrected chi connectivity index (χ1v) is 7.39. The van der Waals surface area contributed by atoms with Crippen LogP contribution in [0.5, 0.6) is 0 Å². The van der Waals surface area contributed by atoms with Gasteiger partial charge >= 0.3 is 0 Å². The molecule has 0 saturated carbocycles. The summed E-state index contributed by atoms with van der Waals surface area (Å²) in [5.74, 6) is -1.15. The van der Waals surface area contributed by atoms with Gasteiger partial charge in [-0.1, -0.05) is 6.07 Å². The summed E-state index contributed by atoms with van der Waals surface area (Å²) in [6.07, 6.45) is 0. The maximum atomic E-state index is 13.0. The number of anilines is 1. The van der Waals surface area contributed by atoms with Crippen molar-refractivity contribution in [2.24, 2.45) is 0 Å². The van der Waals surface area contributed by atoms with Gasteiger partial charge in [0.05, 0.1) is 10.6 Å². The highest BCUT2D eigenvalue weighted by atomic mass is 79.9. The molecule has 0 aliphatic carbocycles. The van der Waals surface area contributed by atoms with Gasteiger partial charge in [0.2, 0.25) is 0 Å². The van der Waals surface area contributed by atoms with E-state index >= 15 is 0 Å². The van der Waals surface area contributed by atoms with Gasteiger partial charge in [0, 0.05) is 4.47 Å². The Morgan fingerprint density at radius 2 is 1.68 bits per heavy atom. The van der Waals surface area contributed by atoms with Crippen LogP contribution < -0.4 is 4.72 Å². The van der Waals surface area contributed by atoms with Gasteiger partial charge < -0.3 is 0 Å². The van der Waals surface area contributed by atoms with E-state index in [-0.39, 0.29) is 15.1 Å². The number of rotatable bonds is 3. The molecule has 0 amide bonds. The van der Waals surface area contributed by atoms with Crippen molar-refractivity contribution in [2.75, 3.05) is 4.72 Å². The fraction of sp³-hybridized carbons (Fsp3) is 0. The summed E-state index contributed by atoms with van der Waals surface area (Å²) in [5.41, 5.74) is 0.172. The van der Waals surface area contributed by atoms with E-state index < -0.39 is 21.7 Å². The third kappa shape index (κ3) is 3.30. The van der Waals surface area contributed by atoms with Gasteiger partial charge in [0.1, 0.15) is 11.6 Å². The quantitative estimate of drug-likeness (QED) is 0.923. The summed E-state index contributed by atoms with van der Waals surface area (Å²) in [6.45, 7) is 0. The third-order valence-corrected chi connectivity index (χ3v) is 4.30. The van der Waals surface area contributed by atoms with Crippen molar-refractivity contribution in [3.8, 4) is 0 Å². The van der Waals surface area contributed by atoms with E-state index in [0.717, 1.165) is 24.3 Å². The second kappa shape index (κ2) is 5.26. The lowest BCUT2D eigenvalue weighted by atomic mass is 10.3. The van der Waals surface area contributed by atoms with E-state index in [2.05, 4.69) is 20.7 Å². The van der Waals surface area contributed by atoms with Crippen LogP contribution in [0.4, 0.5) is 14.5 Å². The Hall–Kier alpha value is -1.47. The van der Waals surface area contributed by atoms with Crippen LogP contribution in [0.1, 0.15) is 0 Å². The van der Waals surface area contributed by atoms with Crippen LogP contribution in [0.3, 0.4) is 0 Å². The fourth-order valence-corrected chi connectivity index (χ4v) is 3.10. The molecule has 100 valence electrons. The molecule has 19 heavy (non-hydrogen) atoms. The normalized spacial score (nSPS) is 11.3. The van der Waals surface area contributed by atoms with Crippen molar-refractivity contribution in [1.82, 2.24) is 0 Å². The topological polar surface area (TPSA) is 46.2 Å². The molecule has 0 radical (unpaired) electrons. The van der Waals surface area contributed by atoms with Gasteiger partial charge in [-0.2, -0.15) is 0 Å². The van der Waals surface area contributed by atoms with Crippen LogP contribution in [0, 0.1) is 11.6 Å². The first-order valence-electron chi connectivity index (χ1n) is 5.12. The van der Waals surface area contributed by atoms with Crippen molar-refractivity contribution in [1.29, 1.82) is 0 Å². The van der Waals surface area contributed by atoms with E-state index in [1.807, 2.05) is 0 Å². The Morgan fingerprint density at radius 3 is 2.32 bits per heavy atom. The highest BCUT2D eigenvalue weighted by molar-refractivity contribution is 9.10. The summed E-state index contributed by atoms with van der Waals surface area (Å²) in [7, 11) is -3.91. The van der Waals surface area contributed by atoms with Crippen LogP contribution in [0.15, 0.2) is 51.8 Å². The van der Waals surface area contributed by atoms with Gasteiger partial charge in [-0.3, -0.25) is 4.72 Å². The fourth-order valence-electron chi connectivity index (χ4n) is 1.41. The molecule has 2 aromatic carbocycles. The Bertz CT molecular complexity index is 719. The lowest BCUT2D eigenvalue weighted by Gasteiger charge is -2.09. The van der Waals surface area contributed by atoms with E-state index in [4.69, 9.17) is 0 Å². The lowest BCUT2D eigenvalue weighted by Crippen LogP contribution is -2.13. The van der Waals surface area contributed by atoms with Crippen LogP contribution in [-0.4, -0.2) is 8.42 Å². The number of halogens is 3. The van der Waals surface area contributed by atoms with E-state index in [0.29, 0.717) is 0 Å². The summed E-state index contributed by atoms with van der Waals surface area (Å²) < 4.78 is 52.4. The minimum absolute atomic E-state index is 0.172. The molecule has 0 unspecified atom stereocenters. The second-order valence-electron chi connectivity index (χ2n) is 3.69. The number of nitrogens with one attached hydrogen (secondary N) is 1. The molecule has 3 nitrogen and oxygen atoms in total. The molecule has 0 fully saturated rings. The van der Waals surface area contributed by atoms with Gasteiger partial charge in [-0.05, 0) is 52.3 Å². The van der Waals surface area contributed by atoms with E-state index in [9.17, 15) is 17.2 Å². The standard InChI is InChI=1S/C12H8BrF2NO2S/c13-11-7-9(15)4-5-12(11)16-19(17,18)10-3-1-2-8(14)6-10/h1-7,16H. The summed E-state index contributed by atoms with van der Waals surface area (Å²) in [4.78, 5) is -0.205. The molecule has 1 N–H and O–H groups in total. The number of hydrogen-bond donors (Lipinski definition) is 1. The SMILES string of the molecule is O=S(=O)(Nc1ccc(F)cc1Br)c1cccc(F)c1. The van der Waals surface area contributed by atoms with Crippen molar-refractivity contribution in [2.45, 2.75) is 4.90 Å². The monoisotopic (exact) mass is 347 g/mol. The molecule has 0 spiro atoms. The largest absolute Gasteiger partial charge is 0.278 e. The smallest absolute Gasteiger partial charge is 0.262 e. The molecule has 0 aromatic heterocycles. The van der Waals surface area contributed by atoms with Crippen LogP contribution in [-0.2, 0) is 10.0 Å². The Kier molecular flexibility index (Phi) is 3.86. The van der Waals surface area contributed by atoms with Crippen LogP contribution in [0.25, 0.3) is 0 Å². The summed E-state index contributed by atoms with van der Waals surface area (Å²) >= 11 is 3.05. The zero-order valence-electron chi connectivity index (χ0n) is 9.40. The summed E-state index contributed by atoms with van der Waals surface area (Å²) in [5, 5.41) is 0. The predicted molar refractivity (Wildman–Crippen MR) is 71.3 cm³/mol. The van der Waals surface area contributed by atoms with Crippen LogP contribution in [0.2, 0.25) is 0 Å². The van der Waals surface area contributed by atoms with Crippen molar-refractivity contribution in [3.05, 3.63) is 58.6 Å². The molecule has 0 aliphatic rings. The molecule has 0 atom stereocenters. The van der Waals surface area contributed by atoms with Gasteiger partial charge in [0.15, 0.2) is 0 Å². The first-order chi connectivity index (χ1) is 8.88. The van der Waals surface area contributed by atoms with Crippen molar-refractivity contribution in [3.63, 3.8) is 0 Å². The van der Waals surface area contributed by atoms with Gasteiger partial charge in [-0.15, -0.1) is 0 Å². The maximum absolute atomic E-state index is 13.0. The molecule has 0 bridgehead atoms. The Labute approximate surface area is 117 Å². The molecule has 0 heterocycles. The Balaban J connectivity index is 2.36. The molecule has 2 aromatic rings. The highest BCUT2D eigenvalue weighted by Gasteiger charge is 2.16. The Morgan fingerprint density at radius 1 is 1.00 bits per heavy atom. The minimum Gasteiger partial charge on any atom is -0.278 e. The van der Waals surface area contributed by atoms with E-state index in [1.54, 1.807) is 0 Å². The molecule has 7 heteroatoms. The zero-order chi connectivity index (χ0) is 14.0. The zero-order valence-corrected chi connectivity index (χ0v) is 11.8. The van der Waals surface area contributed by atoms with Crippen molar-refractivity contribution >= 4 is 31.6 Å². The molecule has 0 aliphatic heterocycles. The number of sulfonamides is 1. The van der Waals surface area contributed by atoms with Gasteiger partial charge in [0.25, 0.3) is 10.0 Å².